The van der Waals surface area contributed by atoms with Crippen LogP contribution in [0.3, 0.4) is 0 Å². The van der Waals surface area contributed by atoms with E-state index in [1.807, 2.05) is 0 Å². The number of H-pyrrole nitrogens is 1. The fraction of sp³-hybridized carbons (Fsp3) is 0.250. The van der Waals surface area contributed by atoms with E-state index in [4.69, 9.17) is 14.2 Å². The Balaban J connectivity index is 1.83. The van der Waals surface area contributed by atoms with Crippen LogP contribution >= 0.6 is 0 Å². The highest BCUT2D eigenvalue weighted by atomic mass is 16.6. The van der Waals surface area contributed by atoms with E-state index in [9.17, 15) is 4.79 Å². The van der Waals surface area contributed by atoms with Gasteiger partial charge in [-0.1, -0.05) is 6.07 Å². The van der Waals surface area contributed by atoms with Crippen LogP contribution < -0.4 is 19.5 Å². The number of aromatic nitrogens is 3. The van der Waals surface area contributed by atoms with E-state index in [-0.39, 0.29) is 17.9 Å². The second-order valence-electron chi connectivity index (χ2n) is 3.95. The number of carbonyl (C=O) groups excluding carboxylic acids is 1. The lowest BCUT2D eigenvalue weighted by Gasteiger charge is -2.20. The molecule has 1 aromatic heterocycles. The van der Waals surface area contributed by atoms with Gasteiger partial charge < -0.3 is 14.2 Å². The van der Waals surface area contributed by atoms with E-state index in [0.717, 1.165) is 0 Å². The van der Waals surface area contributed by atoms with Gasteiger partial charge in [-0.25, -0.2) is 5.10 Å². The first-order valence-corrected chi connectivity index (χ1v) is 5.94. The van der Waals surface area contributed by atoms with E-state index in [2.05, 4.69) is 20.5 Å². The molecular weight excluding hydrogens is 264 g/mol. The van der Waals surface area contributed by atoms with Gasteiger partial charge in [0, 0.05) is 0 Å². The van der Waals surface area contributed by atoms with Crippen LogP contribution in [0.4, 0.5) is 5.95 Å². The summed E-state index contributed by atoms with van der Waals surface area (Å²) in [5, 5.41) is 8.87. The molecule has 20 heavy (non-hydrogen) atoms. The number of benzene rings is 1. The number of hydrogen-bond donors (Lipinski definition) is 2. The summed E-state index contributed by atoms with van der Waals surface area (Å²) in [6.07, 6.45) is 0. The van der Waals surface area contributed by atoms with Crippen LogP contribution in [0.25, 0.3) is 0 Å². The first-order chi connectivity index (χ1) is 9.78. The molecule has 0 radical (unpaired) electrons. The number of para-hydroxylation sites is 1. The maximum atomic E-state index is 12.2. The van der Waals surface area contributed by atoms with Gasteiger partial charge in [-0.05, 0) is 12.1 Å². The van der Waals surface area contributed by atoms with Crippen LogP contribution in [-0.4, -0.2) is 41.4 Å². The average Bonchev–Trinajstić information content (AvgIpc) is 2.94. The standard InChI is InChI=1S/C12H12N4O4/c1-18-12-14-11(15-16-12)13-10(17)7-3-2-4-8-9(7)20-6-5-19-8/h2-4H,5-6H2,1H3,(H2,13,14,15,16,17). The summed E-state index contributed by atoms with van der Waals surface area (Å²) >= 11 is 0. The molecule has 0 bridgehead atoms. The monoisotopic (exact) mass is 276 g/mol. The van der Waals surface area contributed by atoms with Gasteiger partial charge in [0.25, 0.3) is 5.91 Å². The van der Waals surface area contributed by atoms with Crippen LogP contribution in [0, 0.1) is 0 Å². The van der Waals surface area contributed by atoms with Crippen molar-refractivity contribution in [1.29, 1.82) is 0 Å². The lowest BCUT2D eigenvalue weighted by molar-refractivity contribution is 0.101. The van der Waals surface area contributed by atoms with Crippen LogP contribution in [0.1, 0.15) is 10.4 Å². The normalized spacial score (nSPS) is 12.8. The lowest BCUT2D eigenvalue weighted by atomic mass is 10.1. The molecular formula is C12H12N4O4. The summed E-state index contributed by atoms with van der Waals surface area (Å²) in [5.74, 6) is 0.814. The fourth-order valence-electron chi connectivity index (χ4n) is 1.82. The van der Waals surface area contributed by atoms with Crippen LogP contribution in [0.5, 0.6) is 17.5 Å². The molecule has 8 nitrogen and oxygen atoms in total. The summed E-state index contributed by atoms with van der Waals surface area (Å²) in [4.78, 5) is 16.1. The molecule has 1 aliphatic rings. The van der Waals surface area contributed by atoms with Gasteiger partial charge in [0.2, 0.25) is 5.95 Å². The Morgan fingerprint density at radius 2 is 2.25 bits per heavy atom. The Hall–Kier alpha value is -2.77. The third-order valence-electron chi connectivity index (χ3n) is 2.69. The minimum absolute atomic E-state index is 0.148. The molecule has 3 rings (SSSR count). The van der Waals surface area contributed by atoms with Gasteiger partial charge in [-0.2, -0.15) is 4.98 Å². The van der Waals surface area contributed by atoms with Crippen molar-refractivity contribution in [3.8, 4) is 17.5 Å². The number of aromatic amines is 1. The number of methoxy groups -OCH3 is 1. The number of fused-ring (bicyclic) bond motifs is 1. The molecule has 2 heterocycles. The summed E-state index contributed by atoms with van der Waals surface area (Å²) in [6.45, 7) is 0.880. The molecule has 104 valence electrons. The smallest absolute Gasteiger partial charge is 0.336 e. The van der Waals surface area contributed by atoms with Crippen molar-refractivity contribution in [1.82, 2.24) is 15.2 Å². The van der Waals surface area contributed by atoms with Crippen molar-refractivity contribution < 1.29 is 19.0 Å². The maximum absolute atomic E-state index is 12.2. The molecule has 1 amide bonds. The van der Waals surface area contributed by atoms with Crippen LogP contribution in [0.2, 0.25) is 0 Å². The molecule has 0 saturated carbocycles. The number of nitrogens with one attached hydrogen (secondary N) is 2. The first kappa shape index (κ1) is 12.3. The Morgan fingerprint density at radius 1 is 1.40 bits per heavy atom. The molecule has 0 spiro atoms. The summed E-state index contributed by atoms with van der Waals surface area (Å²) < 4.78 is 15.7. The fourth-order valence-corrected chi connectivity index (χ4v) is 1.82. The number of ether oxygens (including phenoxy) is 3. The van der Waals surface area contributed by atoms with Crippen molar-refractivity contribution in [2.75, 3.05) is 25.6 Å². The molecule has 1 aliphatic heterocycles. The zero-order chi connectivity index (χ0) is 13.9. The topological polar surface area (TPSA) is 98.4 Å². The van der Waals surface area contributed by atoms with Crippen molar-refractivity contribution in [2.45, 2.75) is 0 Å². The summed E-state index contributed by atoms with van der Waals surface area (Å²) in [6, 6.07) is 5.28. The third-order valence-corrected chi connectivity index (χ3v) is 2.69. The Labute approximate surface area is 114 Å². The van der Waals surface area contributed by atoms with Crippen molar-refractivity contribution in [3.63, 3.8) is 0 Å². The summed E-state index contributed by atoms with van der Waals surface area (Å²) in [5.41, 5.74) is 0.373. The highest BCUT2D eigenvalue weighted by Gasteiger charge is 2.21. The van der Waals surface area contributed by atoms with Crippen LogP contribution in [-0.2, 0) is 0 Å². The molecule has 0 unspecified atom stereocenters. The van der Waals surface area contributed by atoms with Gasteiger partial charge in [-0.3, -0.25) is 10.1 Å². The first-order valence-electron chi connectivity index (χ1n) is 5.94. The molecule has 8 heteroatoms. The summed E-state index contributed by atoms with van der Waals surface area (Å²) in [7, 11) is 1.44. The lowest BCUT2D eigenvalue weighted by Crippen LogP contribution is -2.20. The molecule has 0 atom stereocenters. The highest BCUT2D eigenvalue weighted by Crippen LogP contribution is 2.33. The van der Waals surface area contributed by atoms with E-state index in [1.165, 1.54) is 7.11 Å². The van der Waals surface area contributed by atoms with E-state index >= 15 is 0 Å². The van der Waals surface area contributed by atoms with Crippen molar-refractivity contribution in [2.24, 2.45) is 0 Å². The second-order valence-corrected chi connectivity index (χ2v) is 3.95. The minimum Gasteiger partial charge on any atom is -0.486 e. The Kier molecular flexibility index (Phi) is 3.12. The minimum atomic E-state index is -0.369. The number of amides is 1. The zero-order valence-electron chi connectivity index (χ0n) is 10.7. The molecule has 0 saturated heterocycles. The van der Waals surface area contributed by atoms with E-state index in [0.29, 0.717) is 30.3 Å². The molecule has 0 fully saturated rings. The largest absolute Gasteiger partial charge is 0.486 e. The number of anilines is 1. The third kappa shape index (κ3) is 2.22. The number of carbonyl (C=O) groups is 1. The predicted molar refractivity (Wildman–Crippen MR) is 68.3 cm³/mol. The van der Waals surface area contributed by atoms with Gasteiger partial charge in [-0.15, -0.1) is 5.10 Å². The Bertz CT molecular complexity index is 640. The molecule has 2 aromatic rings. The molecule has 1 aromatic carbocycles. The Morgan fingerprint density at radius 3 is 3.05 bits per heavy atom. The van der Waals surface area contributed by atoms with Crippen molar-refractivity contribution >= 4 is 11.9 Å². The number of hydrogen-bond acceptors (Lipinski definition) is 6. The maximum Gasteiger partial charge on any atom is 0.336 e. The van der Waals surface area contributed by atoms with Crippen LogP contribution in [0.15, 0.2) is 18.2 Å². The predicted octanol–water partition coefficient (Wildman–Crippen LogP) is 0.837. The number of rotatable bonds is 3. The van der Waals surface area contributed by atoms with Gasteiger partial charge >= 0.3 is 6.01 Å². The van der Waals surface area contributed by atoms with E-state index in [1.54, 1.807) is 18.2 Å². The quantitative estimate of drug-likeness (QED) is 0.861. The molecule has 2 N–H and O–H groups in total. The van der Waals surface area contributed by atoms with Gasteiger partial charge in [0.05, 0.1) is 12.7 Å². The molecule has 0 aliphatic carbocycles. The number of nitrogens with zero attached hydrogens (tertiary/aromatic N) is 2. The van der Waals surface area contributed by atoms with E-state index < -0.39 is 0 Å². The zero-order valence-corrected chi connectivity index (χ0v) is 10.7. The van der Waals surface area contributed by atoms with Gasteiger partial charge in [0.15, 0.2) is 11.5 Å². The SMILES string of the molecule is COc1n[nH]c(NC(=O)c2cccc3c2OCCO3)n1. The average molecular weight is 276 g/mol. The van der Waals surface area contributed by atoms with Gasteiger partial charge in [0.1, 0.15) is 13.2 Å². The van der Waals surface area contributed by atoms with Crippen molar-refractivity contribution in [3.05, 3.63) is 23.8 Å². The second kappa shape index (κ2) is 5.08. The highest BCUT2D eigenvalue weighted by molar-refractivity contribution is 6.05.